The number of carbonyl (C=O) groups is 1. The third-order valence-corrected chi connectivity index (χ3v) is 4.27. The highest BCUT2D eigenvalue weighted by molar-refractivity contribution is 5.78. The third-order valence-electron chi connectivity index (χ3n) is 4.27. The Balaban J connectivity index is 1.41. The molecule has 1 amide bonds. The van der Waals surface area contributed by atoms with E-state index in [0.717, 1.165) is 31.7 Å². The van der Waals surface area contributed by atoms with Crippen LogP contribution in [-0.2, 0) is 11.3 Å². The Hall–Kier alpha value is -2.40. The molecule has 24 heavy (non-hydrogen) atoms. The average Bonchev–Trinajstić information content (AvgIpc) is 2.64. The lowest BCUT2D eigenvalue weighted by molar-refractivity contribution is -0.130. The van der Waals surface area contributed by atoms with Crippen LogP contribution in [0.1, 0.15) is 5.56 Å². The molecule has 0 atom stereocenters. The number of amides is 1. The zero-order valence-corrected chi connectivity index (χ0v) is 13.6. The summed E-state index contributed by atoms with van der Waals surface area (Å²) in [5.74, 6) is -0.129. The zero-order chi connectivity index (χ0) is 16.8. The molecule has 1 N–H and O–H groups in total. The zero-order valence-electron chi connectivity index (χ0n) is 13.6. The lowest BCUT2D eigenvalue weighted by atomic mass is 10.2. The molecule has 0 saturated carbocycles. The Morgan fingerprint density at radius 1 is 0.958 bits per heavy atom. The van der Waals surface area contributed by atoms with Crippen LogP contribution in [0, 0.1) is 5.82 Å². The number of rotatable bonds is 5. The van der Waals surface area contributed by atoms with Crippen LogP contribution < -0.4 is 10.2 Å². The SMILES string of the molecule is O=C(CNCc1ccc(F)cc1)N1CCN(c2ccccc2)CC1. The summed E-state index contributed by atoms with van der Waals surface area (Å²) in [6.07, 6.45) is 0. The van der Waals surface area contributed by atoms with Gasteiger partial charge in [-0.25, -0.2) is 4.39 Å². The molecule has 5 heteroatoms. The second kappa shape index (κ2) is 7.93. The first kappa shape index (κ1) is 16.5. The number of hydrogen-bond acceptors (Lipinski definition) is 3. The Morgan fingerprint density at radius 2 is 1.62 bits per heavy atom. The van der Waals surface area contributed by atoms with E-state index in [4.69, 9.17) is 0 Å². The van der Waals surface area contributed by atoms with Crippen molar-refractivity contribution in [2.45, 2.75) is 6.54 Å². The monoisotopic (exact) mass is 327 g/mol. The quantitative estimate of drug-likeness (QED) is 0.915. The number of nitrogens with zero attached hydrogens (tertiary/aromatic N) is 2. The molecule has 0 radical (unpaired) electrons. The van der Waals surface area contributed by atoms with Gasteiger partial charge in [-0.1, -0.05) is 30.3 Å². The Morgan fingerprint density at radius 3 is 2.29 bits per heavy atom. The van der Waals surface area contributed by atoms with Gasteiger partial charge in [-0.2, -0.15) is 0 Å². The third kappa shape index (κ3) is 4.32. The van der Waals surface area contributed by atoms with Gasteiger partial charge in [-0.15, -0.1) is 0 Å². The maximum atomic E-state index is 12.8. The minimum atomic E-state index is -0.244. The molecule has 1 saturated heterocycles. The van der Waals surface area contributed by atoms with Gasteiger partial charge in [0.2, 0.25) is 5.91 Å². The van der Waals surface area contributed by atoms with Gasteiger partial charge in [0, 0.05) is 38.4 Å². The highest BCUT2D eigenvalue weighted by Crippen LogP contribution is 2.15. The van der Waals surface area contributed by atoms with Crippen LogP contribution in [0.2, 0.25) is 0 Å². The number of anilines is 1. The van der Waals surface area contributed by atoms with Crippen molar-refractivity contribution in [3.8, 4) is 0 Å². The van der Waals surface area contributed by atoms with Crippen molar-refractivity contribution in [1.29, 1.82) is 0 Å². The van der Waals surface area contributed by atoms with Crippen molar-refractivity contribution in [3.63, 3.8) is 0 Å². The van der Waals surface area contributed by atoms with Gasteiger partial charge in [-0.3, -0.25) is 4.79 Å². The van der Waals surface area contributed by atoms with E-state index in [1.165, 1.54) is 17.8 Å². The summed E-state index contributed by atoms with van der Waals surface area (Å²) in [6, 6.07) is 16.6. The number of benzene rings is 2. The van der Waals surface area contributed by atoms with E-state index in [-0.39, 0.29) is 11.7 Å². The van der Waals surface area contributed by atoms with E-state index in [0.29, 0.717) is 13.1 Å². The van der Waals surface area contributed by atoms with Gasteiger partial charge in [0.1, 0.15) is 5.82 Å². The molecule has 2 aromatic rings. The van der Waals surface area contributed by atoms with Crippen molar-refractivity contribution in [2.24, 2.45) is 0 Å². The lowest BCUT2D eigenvalue weighted by Crippen LogP contribution is -2.50. The number of carbonyl (C=O) groups excluding carboxylic acids is 1. The molecule has 1 heterocycles. The molecule has 126 valence electrons. The standard InChI is InChI=1S/C19H22FN3O/c20-17-8-6-16(7-9-17)14-21-15-19(24)23-12-10-22(11-13-23)18-4-2-1-3-5-18/h1-9,21H,10-15H2. The van der Waals surface area contributed by atoms with Gasteiger partial charge >= 0.3 is 0 Å². The van der Waals surface area contributed by atoms with Gasteiger partial charge in [-0.05, 0) is 29.8 Å². The topological polar surface area (TPSA) is 35.6 Å². The van der Waals surface area contributed by atoms with Crippen molar-refractivity contribution in [3.05, 3.63) is 66.0 Å². The molecule has 0 bridgehead atoms. The first-order valence-corrected chi connectivity index (χ1v) is 8.25. The maximum Gasteiger partial charge on any atom is 0.236 e. The van der Waals surface area contributed by atoms with E-state index in [1.54, 1.807) is 12.1 Å². The Kier molecular flexibility index (Phi) is 5.43. The highest BCUT2D eigenvalue weighted by atomic mass is 19.1. The van der Waals surface area contributed by atoms with Gasteiger partial charge < -0.3 is 15.1 Å². The summed E-state index contributed by atoms with van der Waals surface area (Å²) < 4.78 is 12.8. The fourth-order valence-corrected chi connectivity index (χ4v) is 2.88. The number of nitrogens with one attached hydrogen (secondary N) is 1. The largest absolute Gasteiger partial charge is 0.368 e. The normalized spacial score (nSPS) is 14.7. The average molecular weight is 327 g/mol. The predicted molar refractivity (Wildman–Crippen MR) is 93.3 cm³/mol. The van der Waals surface area contributed by atoms with Crippen molar-refractivity contribution in [1.82, 2.24) is 10.2 Å². The summed E-state index contributed by atoms with van der Waals surface area (Å²) in [6.45, 7) is 4.07. The number of halogens is 1. The van der Waals surface area contributed by atoms with Crippen LogP contribution in [0.3, 0.4) is 0 Å². The fraction of sp³-hybridized carbons (Fsp3) is 0.316. The minimum absolute atomic E-state index is 0.116. The summed E-state index contributed by atoms with van der Waals surface area (Å²) in [5.41, 5.74) is 2.18. The molecule has 4 nitrogen and oxygen atoms in total. The first-order valence-electron chi connectivity index (χ1n) is 8.25. The molecule has 2 aromatic carbocycles. The summed E-state index contributed by atoms with van der Waals surface area (Å²) >= 11 is 0. The summed E-state index contributed by atoms with van der Waals surface area (Å²) in [7, 11) is 0. The first-order chi connectivity index (χ1) is 11.7. The lowest BCUT2D eigenvalue weighted by Gasteiger charge is -2.36. The molecule has 1 fully saturated rings. The molecule has 0 aromatic heterocycles. The number of hydrogen-bond donors (Lipinski definition) is 1. The molecular weight excluding hydrogens is 305 g/mol. The van der Waals surface area contributed by atoms with Crippen molar-refractivity contribution < 1.29 is 9.18 Å². The van der Waals surface area contributed by atoms with Gasteiger partial charge in [0.05, 0.1) is 6.54 Å². The van der Waals surface area contributed by atoms with Crippen LogP contribution >= 0.6 is 0 Å². The van der Waals surface area contributed by atoms with E-state index in [9.17, 15) is 9.18 Å². The maximum absolute atomic E-state index is 12.8. The molecular formula is C19H22FN3O. The smallest absolute Gasteiger partial charge is 0.236 e. The molecule has 0 spiro atoms. The van der Waals surface area contributed by atoms with E-state index < -0.39 is 0 Å². The van der Waals surface area contributed by atoms with Crippen LogP contribution in [0.25, 0.3) is 0 Å². The second-order valence-corrected chi connectivity index (χ2v) is 5.93. The van der Waals surface area contributed by atoms with Crippen molar-refractivity contribution in [2.75, 3.05) is 37.6 Å². The Bertz CT molecular complexity index is 652. The highest BCUT2D eigenvalue weighted by Gasteiger charge is 2.20. The molecule has 0 unspecified atom stereocenters. The predicted octanol–water partition coefficient (Wildman–Crippen LogP) is 2.26. The molecule has 1 aliphatic rings. The molecule has 0 aliphatic carbocycles. The van der Waals surface area contributed by atoms with E-state index in [2.05, 4.69) is 22.3 Å². The van der Waals surface area contributed by atoms with E-state index in [1.807, 2.05) is 23.1 Å². The number of para-hydroxylation sites is 1. The van der Waals surface area contributed by atoms with Crippen LogP contribution in [0.5, 0.6) is 0 Å². The molecule has 1 aliphatic heterocycles. The van der Waals surface area contributed by atoms with Crippen LogP contribution in [0.4, 0.5) is 10.1 Å². The van der Waals surface area contributed by atoms with Gasteiger partial charge in [0.25, 0.3) is 0 Å². The van der Waals surface area contributed by atoms with E-state index >= 15 is 0 Å². The number of piperazine rings is 1. The minimum Gasteiger partial charge on any atom is -0.368 e. The van der Waals surface area contributed by atoms with Crippen LogP contribution in [-0.4, -0.2) is 43.5 Å². The van der Waals surface area contributed by atoms with Gasteiger partial charge in [0.15, 0.2) is 0 Å². The van der Waals surface area contributed by atoms with Crippen LogP contribution in [0.15, 0.2) is 54.6 Å². The van der Waals surface area contributed by atoms with Crippen molar-refractivity contribution >= 4 is 11.6 Å². The molecule has 3 rings (SSSR count). The second-order valence-electron chi connectivity index (χ2n) is 5.93. The fourth-order valence-electron chi connectivity index (χ4n) is 2.88. The Labute approximate surface area is 141 Å². The summed E-state index contributed by atoms with van der Waals surface area (Å²) in [5, 5.41) is 3.13. The summed E-state index contributed by atoms with van der Waals surface area (Å²) in [4.78, 5) is 16.5.